The lowest BCUT2D eigenvalue weighted by atomic mass is 10.0. The molecule has 2 aliphatic heterocycles. The summed E-state index contributed by atoms with van der Waals surface area (Å²) in [5, 5.41) is 4.93. The van der Waals surface area contributed by atoms with Crippen LogP contribution in [0.1, 0.15) is 23.2 Å². The smallest absolute Gasteiger partial charge is 0.332 e. The maximum atomic E-state index is 13.3. The molecule has 0 N–H and O–H groups in total. The Morgan fingerprint density at radius 2 is 1.58 bits per heavy atom. The largest absolute Gasteiger partial charge is 0.355 e. The Morgan fingerprint density at radius 1 is 0.889 bits per heavy atom. The number of nitrogens with zero attached hydrogens (tertiary/aromatic N) is 4. The van der Waals surface area contributed by atoms with Gasteiger partial charge >= 0.3 is 6.03 Å². The lowest BCUT2D eigenvalue weighted by Crippen LogP contribution is -2.48. The predicted octanol–water partition coefficient (Wildman–Crippen LogP) is 4.57. The van der Waals surface area contributed by atoms with Crippen LogP contribution in [0, 0.1) is 0 Å². The first-order valence-corrected chi connectivity index (χ1v) is 12.0. The molecule has 0 unspecified atom stereocenters. The van der Waals surface area contributed by atoms with Crippen molar-refractivity contribution in [2.24, 2.45) is 0 Å². The van der Waals surface area contributed by atoms with Gasteiger partial charge in [0.2, 0.25) is 0 Å². The monoisotopic (exact) mass is 480 g/mol. The zero-order valence-electron chi connectivity index (χ0n) is 19.5. The number of amides is 4. The van der Waals surface area contributed by atoms with Crippen molar-refractivity contribution in [2.75, 3.05) is 24.5 Å². The number of benzene rings is 3. The van der Waals surface area contributed by atoms with Gasteiger partial charge in [0.25, 0.3) is 11.8 Å². The molecule has 0 spiro atoms. The molecule has 8 nitrogen and oxygen atoms in total. The lowest BCUT2D eigenvalue weighted by molar-refractivity contribution is -0.116. The minimum absolute atomic E-state index is 0.0645. The molecule has 0 saturated carbocycles. The van der Waals surface area contributed by atoms with Gasteiger partial charge in [0.05, 0.1) is 11.1 Å². The number of imide groups is 1. The van der Waals surface area contributed by atoms with Gasteiger partial charge in [-0.1, -0.05) is 53.7 Å². The first kappa shape index (κ1) is 22.0. The van der Waals surface area contributed by atoms with Crippen LogP contribution in [0.15, 0.2) is 83.4 Å². The van der Waals surface area contributed by atoms with E-state index in [0.717, 1.165) is 10.9 Å². The Bertz CT molecular complexity index is 1440. The molecule has 0 atom stereocenters. The number of rotatable bonds is 4. The summed E-state index contributed by atoms with van der Waals surface area (Å²) in [4.78, 5) is 43.7. The van der Waals surface area contributed by atoms with Crippen LogP contribution in [0.25, 0.3) is 22.2 Å². The van der Waals surface area contributed by atoms with E-state index in [4.69, 9.17) is 4.52 Å². The molecule has 2 saturated heterocycles. The fraction of sp³-hybridized carbons (Fsp3) is 0.214. The van der Waals surface area contributed by atoms with Gasteiger partial charge in [-0.25, -0.2) is 9.69 Å². The van der Waals surface area contributed by atoms with Crippen LogP contribution < -0.4 is 4.90 Å². The Hall–Kier alpha value is -4.46. The number of likely N-dealkylation sites (tertiary alicyclic amines) is 1. The third kappa shape index (κ3) is 3.80. The van der Waals surface area contributed by atoms with Crippen LogP contribution in [-0.4, -0.2) is 58.5 Å². The highest BCUT2D eigenvalue weighted by Crippen LogP contribution is 2.30. The molecule has 3 aromatic carbocycles. The van der Waals surface area contributed by atoms with Crippen LogP contribution in [0.2, 0.25) is 0 Å². The van der Waals surface area contributed by atoms with Crippen molar-refractivity contribution in [3.05, 3.63) is 84.4 Å². The third-order valence-electron chi connectivity index (χ3n) is 6.96. The van der Waals surface area contributed by atoms with E-state index in [1.165, 1.54) is 4.90 Å². The van der Waals surface area contributed by atoms with Gasteiger partial charge in [0.15, 0.2) is 5.76 Å². The molecule has 8 heteroatoms. The van der Waals surface area contributed by atoms with Gasteiger partial charge in [0.1, 0.15) is 12.1 Å². The van der Waals surface area contributed by atoms with Crippen LogP contribution in [0.4, 0.5) is 10.5 Å². The van der Waals surface area contributed by atoms with Crippen molar-refractivity contribution in [1.29, 1.82) is 0 Å². The maximum absolute atomic E-state index is 13.3. The summed E-state index contributed by atoms with van der Waals surface area (Å²) >= 11 is 0. The summed E-state index contributed by atoms with van der Waals surface area (Å²) < 4.78 is 5.57. The molecular weight excluding hydrogens is 456 g/mol. The summed E-state index contributed by atoms with van der Waals surface area (Å²) in [5.41, 5.74) is 2.76. The van der Waals surface area contributed by atoms with Crippen LogP contribution >= 0.6 is 0 Å². The maximum Gasteiger partial charge on any atom is 0.332 e. The number of para-hydroxylation sites is 1. The second-order valence-electron chi connectivity index (χ2n) is 9.11. The van der Waals surface area contributed by atoms with Gasteiger partial charge < -0.3 is 14.3 Å². The second-order valence-corrected chi connectivity index (χ2v) is 9.11. The van der Waals surface area contributed by atoms with E-state index in [1.807, 2.05) is 59.5 Å². The van der Waals surface area contributed by atoms with Gasteiger partial charge in [-0.05, 0) is 43.2 Å². The molecule has 4 amide bonds. The molecule has 2 aliphatic rings. The zero-order valence-corrected chi connectivity index (χ0v) is 19.5. The highest BCUT2D eigenvalue weighted by atomic mass is 16.5. The number of aromatic nitrogens is 1. The number of carbonyl (C=O) groups excluding carboxylic acids is 3. The quantitative estimate of drug-likeness (QED) is 0.400. The van der Waals surface area contributed by atoms with Crippen LogP contribution in [0.3, 0.4) is 0 Å². The summed E-state index contributed by atoms with van der Waals surface area (Å²) in [6, 6.07) is 23.7. The van der Waals surface area contributed by atoms with E-state index in [2.05, 4.69) is 5.16 Å². The van der Waals surface area contributed by atoms with E-state index < -0.39 is 0 Å². The molecule has 36 heavy (non-hydrogen) atoms. The van der Waals surface area contributed by atoms with Crippen molar-refractivity contribution in [3.63, 3.8) is 0 Å². The fourth-order valence-corrected chi connectivity index (χ4v) is 5.07. The molecular formula is C28H24N4O4. The highest BCUT2D eigenvalue weighted by molar-refractivity contribution is 6.19. The molecule has 1 aromatic heterocycles. The highest BCUT2D eigenvalue weighted by Gasteiger charge is 2.41. The van der Waals surface area contributed by atoms with E-state index in [1.54, 1.807) is 29.2 Å². The molecule has 180 valence electrons. The SMILES string of the molecule is O=C(c1ccc2noc(-c3ccccc3)c2c1)N1CCC(N2CC(=O)N(c3ccccc3)C2=O)CC1. The Balaban J connectivity index is 1.15. The number of piperidine rings is 1. The summed E-state index contributed by atoms with van der Waals surface area (Å²) in [6.45, 7) is 1.10. The molecule has 3 heterocycles. The first-order chi connectivity index (χ1) is 17.6. The van der Waals surface area contributed by atoms with E-state index >= 15 is 0 Å². The van der Waals surface area contributed by atoms with Crippen LogP contribution in [0.5, 0.6) is 0 Å². The Morgan fingerprint density at radius 3 is 2.31 bits per heavy atom. The zero-order chi connectivity index (χ0) is 24.6. The number of hydrogen-bond acceptors (Lipinski definition) is 5. The lowest BCUT2D eigenvalue weighted by Gasteiger charge is -2.36. The number of fused-ring (bicyclic) bond motifs is 1. The number of carbonyl (C=O) groups is 3. The fourth-order valence-electron chi connectivity index (χ4n) is 5.07. The molecule has 2 fully saturated rings. The number of hydrogen-bond donors (Lipinski definition) is 0. The average Bonchev–Trinajstić information content (AvgIpc) is 3.49. The molecule has 0 aliphatic carbocycles. The second kappa shape index (κ2) is 8.96. The van der Waals surface area contributed by atoms with Gasteiger partial charge in [-0.3, -0.25) is 9.59 Å². The molecule has 0 bridgehead atoms. The standard InChI is InChI=1S/C28H24N4O4/c33-25-18-31(28(35)32(25)22-9-5-2-6-10-22)21-13-15-30(16-14-21)27(34)20-11-12-24-23(17-20)26(36-29-24)19-7-3-1-4-8-19/h1-12,17,21H,13-16,18H2. The third-order valence-corrected chi connectivity index (χ3v) is 6.96. The number of urea groups is 1. The predicted molar refractivity (Wildman–Crippen MR) is 134 cm³/mol. The summed E-state index contributed by atoms with van der Waals surface area (Å²) in [7, 11) is 0. The number of anilines is 1. The molecule has 6 rings (SSSR count). The van der Waals surface area contributed by atoms with Crippen molar-refractivity contribution >= 4 is 34.4 Å². The van der Waals surface area contributed by atoms with Crippen molar-refractivity contribution in [3.8, 4) is 11.3 Å². The van der Waals surface area contributed by atoms with E-state index in [-0.39, 0.29) is 30.4 Å². The van der Waals surface area contributed by atoms with Gasteiger partial charge in [-0.15, -0.1) is 0 Å². The Labute approximate surface area is 207 Å². The minimum Gasteiger partial charge on any atom is -0.355 e. The van der Waals surface area contributed by atoms with E-state index in [9.17, 15) is 14.4 Å². The van der Waals surface area contributed by atoms with Gasteiger partial charge in [0, 0.05) is 30.3 Å². The normalized spacial score (nSPS) is 16.8. The topological polar surface area (TPSA) is 87.0 Å². The van der Waals surface area contributed by atoms with Crippen molar-refractivity contribution in [1.82, 2.24) is 15.0 Å². The summed E-state index contributed by atoms with van der Waals surface area (Å²) in [5.74, 6) is 0.352. The first-order valence-electron chi connectivity index (χ1n) is 12.0. The molecule has 0 radical (unpaired) electrons. The average molecular weight is 481 g/mol. The minimum atomic E-state index is -0.290. The summed E-state index contributed by atoms with van der Waals surface area (Å²) in [6.07, 6.45) is 1.25. The van der Waals surface area contributed by atoms with Gasteiger partial charge in [-0.2, -0.15) is 0 Å². The van der Waals surface area contributed by atoms with E-state index in [0.29, 0.717) is 48.5 Å². The van der Waals surface area contributed by atoms with Crippen molar-refractivity contribution in [2.45, 2.75) is 18.9 Å². The van der Waals surface area contributed by atoms with Crippen molar-refractivity contribution < 1.29 is 18.9 Å². The molecule has 4 aromatic rings. The van der Waals surface area contributed by atoms with Crippen LogP contribution in [-0.2, 0) is 4.79 Å². The Kier molecular flexibility index (Phi) is 5.48.